The van der Waals surface area contributed by atoms with Crippen molar-refractivity contribution in [2.75, 3.05) is 20.0 Å². The predicted molar refractivity (Wildman–Crippen MR) is 100.0 cm³/mol. The van der Waals surface area contributed by atoms with Gasteiger partial charge in [0, 0.05) is 19.3 Å². The van der Waals surface area contributed by atoms with E-state index in [9.17, 15) is 26.7 Å². The van der Waals surface area contributed by atoms with E-state index in [1.807, 2.05) is 0 Å². The van der Waals surface area contributed by atoms with E-state index in [4.69, 9.17) is 4.74 Å². The zero-order chi connectivity index (χ0) is 22.6. The highest BCUT2D eigenvalue weighted by molar-refractivity contribution is 5.54. The quantitative estimate of drug-likeness (QED) is 0.499. The molecule has 166 valence electrons. The Morgan fingerprint density at radius 3 is 2.32 bits per heavy atom. The summed E-state index contributed by atoms with van der Waals surface area (Å²) in [7, 11) is 1.62. The summed E-state index contributed by atoms with van der Waals surface area (Å²) < 4.78 is 75.3. The topological polar surface area (TPSA) is 71.2 Å². The maximum atomic E-state index is 13.0. The van der Waals surface area contributed by atoms with Crippen LogP contribution in [0.4, 0.5) is 22.0 Å². The predicted octanol–water partition coefficient (Wildman–Crippen LogP) is 3.26. The van der Waals surface area contributed by atoms with Crippen molar-refractivity contribution in [1.82, 2.24) is 19.3 Å². The van der Waals surface area contributed by atoms with Crippen LogP contribution in [0.3, 0.4) is 0 Å². The normalized spacial score (nSPS) is 11.7. The lowest BCUT2D eigenvalue weighted by Crippen LogP contribution is -2.28. The average Bonchev–Trinajstić information content (AvgIpc) is 3.16. The van der Waals surface area contributed by atoms with Gasteiger partial charge in [0.1, 0.15) is 19.1 Å². The van der Waals surface area contributed by atoms with Crippen LogP contribution in [-0.2, 0) is 7.05 Å². The Hall–Kier alpha value is -3.44. The summed E-state index contributed by atoms with van der Waals surface area (Å²) in [5.41, 5.74) is 0.140. The molecule has 0 amide bonds. The molecule has 1 aromatic carbocycles. The number of aromatic nitrogens is 4. The van der Waals surface area contributed by atoms with Gasteiger partial charge in [-0.3, -0.25) is 9.48 Å². The van der Waals surface area contributed by atoms with E-state index in [2.05, 4.69) is 14.8 Å². The van der Waals surface area contributed by atoms with E-state index in [1.165, 1.54) is 41.2 Å². The molecule has 0 saturated carbocycles. The number of hydrogen-bond acceptors (Lipinski definition) is 5. The first-order chi connectivity index (χ1) is 14.7. The van der Waals surface area contributed by atoms with E-state index in [-0.39, 0.29) is 23.1 Å². The van der Waals surface area contributed by atoms with Crippen LogP contribution in [-0.4, -0.2) is 51.6 Å². The van der Waals surface area contributed by atoms with Gasteiger partial charge in [0.2, 0.25) is 0 Å². The average molecular weight is 444 g/mol. The molecule has 0 bridgehead atoms. The molecular formula is C19H17F5N4O3. The highest BCUT2D eigenvalue weighted by Crippen LogP contribution is 2.23. The molecule has 0 aliphatic rings. The van der Waals surface area contributed by atoms with Gasteiger partial charge in [-0.2, -0.15) is 23.3 Å². The molecule has 0 N–H and O–H groups in total. The summed E-state index contributed by atoms with van der Waals surface area (Å²) in [6.07, 6.45) is -4.51. The second-order valence-corrected chi connectivity index (χ2v) is 6.38. The van der Waals surface area contributed by atoms with E-state index in [0.29, 0.717) is 5.69 Å². The van der Waals surface area contributed by atoms with E-state index >= 15 is 0 Å². The SMILES string of the molecule is Cn1nccc1-c1cc(=O)n(-c2ccc(OCC(F)(F)F)cc2)c(OC(CF)CF)n1. The third kappa shape index (κ3) is 5.38. The number of benzene rings is 1. The molecule has 12 heteroatoms. The minimum Gasteiger partial charge on any atom is -0.484 e. The Morgan fingerprint density at radius 1 is 1.10 bits per heavy atom. The van der Waals surface area contributed by atoms with Gasteiger partial charge >= 0.3 is 12.2 Å². The van der Waals surface area contributed by atoms with Crippen LogP contribution in [0.5, 0.6) is 11.8 Å². The zero-order valence-corrected chi connectivity index (χ0v) is 16.1. The first-order valence-electron chi connectivity index (χ1n) is 8.93. The smallest absolute Gasteiger partial charge is 0.422 e. The monoisotopic (exact) mass is 444 g/mol. The number of alkyl halides is 5. The molecule has 3 aromatic rings. The fourth-order valence-corrected chi connectivity index (χ4v) is 2.64. The number of ether oxygens (including phenoxy) is 2. The number of hydrogen-bond donors (Lipinski definition) is 0. The van der Waals surface area contributed by atoms with Crippen molar-refractivity contribution in [2.24, 2.45) is 7.05 Å². The van der Waals surface area contributed by atoms with Gasteiger partial charge in [0.05, 0.1) is 17.1 Å². The molecule has 0 unspecified atom stereocenters. The Bertz CT molecular complexity index is 1080. The number of halogens is 5. The van der Waals surface area contributed by atoms with Gasteiger partial charge in [-0.05, 0) is 30.3 Å². The van der Waals surface area contributed by atoms with Gasteiger partial charge < -0.3 is 9.47 Å². The summed E-state index contributed by atoms with van der Waals surface area (Å²) in [5.74, 6) is -0.0820. The zero-order valence-electron chi connectivity index (χ0n) is 16.1. The number of rotatable bonds is 8. The third-order valence-corrected chi connectivity index (χ3v) is 4.09. The Balaban J connectivity index is 2.02. The molecule has 31 heavy (non-hydrogen) atoms. The minimum absolute atomic E-state index is 0.0820. The Kier molecular flexibility index (Phi) is 6.56. The van der Waals surface area contributed by atoms with Gasteiger partial charge in [-0.25, -0.2) is 13.3 Å². The summed E-state index contributed by atoms with van der Waals surface area (Å²) in [4.78, 5) is 17.0. The minimum atomic E-state index is -4.50. The molecule has 2 aromatic heterocycles. The van der Waals surface area contributed by atoms with E-state index in [1.54, 1.807) is 13.1 Å². The molecule has 0 spiro atoms. The number of nitrogens with zero attached hydrogens (tertiary/aromatic N) is 4. The molecule has 0 saturated heterocycles. The van der Waals surface area contributed by atoms with E-state index in [0.717, 1.165) is 4.57 Å². The van der Waals surface area contributed by atoms with Crippen molar-refractivity contribution in [1.29, 1.82) is 0 Å². The maximum absolute atomic E-state index is 13.0. The van der Waals surface area contributed by atoms with Crippen LogP contribution in [0.2, 0.25) is 0 Å². The van der Waals surface area contributed by atoms with Crippen molar-refractivity contribution in [3.63, 3.8) is 0 Å². The number of aryl methyl sites for hydroxylation is 1. The first-order valence-corrected chi connectivity index (χ1v) is 8.93. The molecule has 3 rings (SSSR count). The van der Waals surface area contributed by atoms with Crippen molar-refractivity contribution in [3.8, 4) is 28.8 Å². The highest BCUT2D eigenvalue weighted by Gasteiger charge is 2.28. The highest BCUT2D eigenvalue weighted by atomic mass is 19.4. The van der Waals surface area contributed by atoms with Gasteiger partial charge in [-0.15, -0.1) is 0 Å². The summed E-state index contributed by atoms with van der Waals surface area (Å²) in [6, 6.07) is 7.41. The Labute approximate surface area is 172 Å². The first kappa shape index (κ1) is 22.2. The van der Waals surface area contributed by atoms with E-state index < -0.39 is 37.8 Å². The molecule has 0 fully saturated rings. The molecule has 0 aliphatic heterocycles. The van der Waals surface area contributed by atoms with Gasteiger partial charge in [0.25, 0.3) is 5.56 Å². The lowest BCUT2D eigenvalue weighted by molar-refractivity contribution is -0.153. The lowest BCUT2D eigenvalue weighted by Gasteiger charge is -2.17. The molecule has 0 aliphatic carbocycles. The Morgan fingerprint density at radius 2 is 1.77 bits per heavy atom. The standard InChI is InChI=1S/C19H17F5N4O3/c1-27-16(6-7-25-27)15-8-17(29)28(18(26-15)31-14(9-20)10-21)12-2-4-13(5-3-12)30-11-19(22,23)24/h2-8,14H,9-11H2,1H3. The van der Waals surface area contributed by atoms with Crippen LogP contribution in [0.15, 0.2) is 47.4 Å². The van der Waals surface area contributed by atoms with Crippen LogP contribution in [0, 0.1) is 0 Å². The third-order valence-electron chi connectivity index (χ3n) is 4.09. The van der Waals surface area contributed by atoms with Gasteiger partial charge in [0.15, 0.2) is 12.7 Å². The largest absolute Gasteiger partial charge is 0.484 e. The van der Waals surface area contributed by atoms with Crippen LogP contribution < -0.4 is 15.0 Å². The molecule has 0 radical (unpaired) electrons. The fourth-order valence-electron chi connectivity index (χ4n) is 2.64. The van der Waals surface area contributed by atoms with Crippen molar-refractivity contribution >= 4 is 0 Å². The summed E-state index contributed by atoms with van der Waals surface area (Å²) in [6.45, 7) is -3.80. The molecular weight excluding hydrogens is 427 g/mol. The fraction of sp³-hybridized carbons (Fsp3) is 0.316. The second kappa shape index (κ2) is 9.14. The summed E-state index contributed by atoms with van der Waals surface area (Å²) >= 11 is 0. The van der Waals surface area contributed by atoms with Crippen LogP contribution in [0.25, 0.3) is 17.1 Å². The molecule has 7 nitrogen and oxygen atoms in total. The summed E-state index contributed by atoms with van der Waals surface area (Å²) in [5, 5.41) is 3.98. The second-order valence-electron chi connectivity index (χ2n) is 6.38. The maximum Gasteiger partial charge on any atom is 0.422 e. The van der Waals surface area contributed by atoms with Crippen LogP contribution >= 0.6 is 0 Å². The van der Waals surface area contributed by atoms with Crippen molar-refractivity contribution in [3.05, 3.63) is 52.9 Å². The molecule has 2 heterocycles. The van der Waals surface area contributed by atoms with Gasteiger partial charge in [-0.1, -0.05) is 0 Å². The van der Waals surface area contributed by atoms with Crippen LogP contribution in [0.1, 0.15) is 0 Å². The van der Waals surface area contributed by atoms with Crippen molar-refractivity contribution in [2.45, 2.75) is 12.3 Å². The molecule has 0 atom stereocenters. The van der Waals surface area contributed by atoms with Crippen molar-refractivity contribution < 1.29 is 31.4 Å². The lowest BCUT2D eigenvalue weighted by atomic mass is 10.2.